The van der Waals surface area contributed by atoms with Crippen molar-refractivity contribution in [3.05, 3.63) is 29.8 Å². The lowest BCUT2D eigenvalue weighted by Gasteiger charge is -2.50. The summed E-state index contributed by atoms with van der Waals surface area (Å²) in [5.41, 5.74) is 3.34. The Balaban J connectivity index is 0.00000128. The SMILES string of the molecule is CC1CC(C)(C)[N+](C)(C)c2ccccc21.[I-]. The van der Waals surface area contributed by atoms with Crippen molar-refractivity contribution in [1.82, 2.24) is 4.48 Å². The summed E-state index contributed by atoms with van der Waals surface area (Å²) >= 11 is 0. The van der Waals surface area contributed by atoms with Crippen molar-refractivity contribution >= 4 is 5.69 Å². The molecule has 0 saturated heterocycles. The molecular weight excluding hydrogens is 309 g/mol. The predicted molar refractivity (Wildman–Crippen MR) is 67.2 cm³/mol. The summed E-state index contributed by atoms with van der Waals surface area (Å²) in [5.74, 6) is 0.683. The minimum absolute atomic E-state index is 0. The first-order chi connectivity index (χ1) is 6.86. The van der Waals surface area contributed by atoms with Crippen molar-refractivity contribution in [2.75, 3.05) is 14.1 Å². The van der Waals surface area contributed by atoms with E-state index in [9.17, 15) is 0 Å². The normalized spacial score (nSPS) is 25.4. The molecule has 2 heteroatoms. The van der Waals surface area contributed by atoms with E-state index < -0.39 is 0 Å². The molecule has 1 nitrogen and oxygen atoms in total. The third kappa shape index (κ3) is 1.90. The molecule has 1 aromatic carbocycles. The predicted octanol–water partition coefficient (Wildman–Crippen LogP) is 0.543. The van der Waals surface area contributed by atoms with Crippen LogP contribution in [0, 0.1) is 0 Å². The zero-order valence-electron chi connectivity index (χ0n) is 10.9. The van der Waals surface area contributed by atoms with Crippen LogP contribution in [0.4, 0.5) is 5.69 Å². The van der Waals surface area contributed by atoms with Crippen LogP contribution in [0.3, 0.4) is 0 Å². The Kier molecular flexibility index (Phi) is 3.75. The Morgan fingerprint density at radius 1 is 1.19 bits per heavy atom. The molecule has 16 heavy (non-hydrogen) atoms. The third-order valence-corrected chi connectivity index (χ3v) is 4.39. The van der Waals surface area contributed by atoms with E-state index in [0.29, 0.717) is 11.5 Å². The largest absolute Gasteiger partial charge is 1.00 e. The molecule has 0 spiro atoms. The van der Waals surface area contributed by atoms with Gasteiger partial charge in [0.2, 0.25) is 0 Å². The van der Waals surface area contributed by atoms with Gasteiger partial charge in [-0.3, -0.25) is 4.48 Å². The van der Waals surface area contributed by atoms with Gasteiger partial charge in [-0.25, -0.2) is 0 Å². The Morgan fingerprint density at radius 3 is 2.38 bits per heavy atom. The lowest BCUT2D eigenvalue weighted by atomic mass is 9.78. The zero-order valence-corrected chi connectivity index (χ0v) is 13.1. The van der Waals surface area contributed by atoms with Crippen molar-refractivity contribution < 1.29 is 24.0 Å². The van der Waals surface area contributed by atoms with E-state index >= 15 is 0 Å². The van der Waals surface area contributed by atoms with E-state index in [1.165, 1.54) is 17.7 Å². The van der Waals surface area contributed by atoms with E-state index in [4.69, 9.17) is 0 Å². The molecule has 0 saturated carbocycles. The molecule has 0 amide bonds. The van der Waals surface area contributed by atoms with Crippen LogP contribution in [0.25, 0.3) is 0 Å². The summed E-state index contributed by atoms with van der Waals surface area (Å²) in [6, 6.07) is 8.89. The maximum atomic E-state index is 2.37. The molecule has 1 aromatic rings. The van der Waals surface area contributed by atoms with Crippen LogP contribution in [0.1, 0.15) is 38.7 Å². The molecule has 1 unspecified atom stereocenters. The summed E-state index contributed by atoms with van der Waals surface area (Å²) < 4.78 is 0.994. The van der Waals surface area contributed by atoms with E-state index in [1.807, 2.05) is 0 Å². The lowest BCUT2D eigenvalue weighted by molar-refractivity contribution is -0.00000367. The number of halogens is 1. The minimum atomic E-state index is 0. The van der Waals surface area contributed by atoms with Crippen LogP contribution in [0.2, 0.25) is 0 Å². The third-order valence-electron chi connectivity index (χ3n) is 4.39. The maximum absolute atomic E-state index is 2.37. The Hall–Kier alpha value is -0.0900. The highest BCUT2D eigenvalue weighted by Gasteiger charge is 2.45. The molecule has 0 radical (unpaired) electrons. The van der Waals surface area contributed by atoms with Gasteiger partial charge in [0, 0.05) is 12.0 Å². The molecule has 0 fully saturated rings. The number of para-hydroxylation sites is 1. The highest BCUT2D eigenvalue weighted by atomic mass is 127. The van der Waals surface area contributed by atoms with Crippen LogP contribution >= 0.6 is 0 Å². The standard InChI is InChI=1S/C14H22N.HI/c1-11-10-14(2,3)15(4,5)13-9-7-6-8-12(11)13;/h6-9,11H,10H2,1-5H3;1H/q+1;/p-1. The van der Waals surface area contributed by atoms with Crippen molar-refractivity contribution in [3.63, 3.8) is 0 Å². The molecule has 1 heterocycles. The summed E-state index contributed by atoms with van der Waals surface area (Å²) in [7, 11) is 4.65. The second-order valence-corrected chi connectivity index (χ2v) is 5.93. The molecule has 1 atom stereocenters. The van der Waals surface area contributed by atoms with Gasteiger partial charge in [0.1, 0.15) is 5.69 Å². The number of rotatable bonds is 0. The van der Waals surface area contributed by atoms with E-state index in [0.717, 1.165) is 4.48 Å². The van der Waals surface area contributed by atoms with E-state index in [-0.39, 0.29) is 24.0 Å². The van der Waals surface area contributed by atoms with Gasteiger partial charge < -0.3 is 24.0 Å². The smallest absolute Gasteiger partial charge is 0.136 e. The zero-order chi connectivity index (χ0) is 11.3. The van der Waals surface area contributed by atoms with Gasteiger partial charge in [0.25, 0.3) is 0 Å². The highest BCUT2D eigenvalue weighted by Crippen LogP contribution is 2.45. The highest BCUT2D eigenvalue weighted by molar-refractivity contribution is 5.55. The Labute approximate surface area is 116 Å². The second kappa shape index (κ2) is 4.30. The number of hydrogen-bond donors (Lipinski definition) is 0. The number of hydrogen-bond acceptors (Lipinski definition) is 0. The molecule has 1 aliphatic heterocycles. The van der Waals surface area contributed by atoms with Gasteiger partial charge in [-0.15, -0.1) is 0 Å². The van der Waals surface area contributed by atoms with Crippen molar-refractivity contribution in [2.24, 2.45) is 0 Å². The summed E-state index contributed by atoms with van der Waals surface area (Å²) in [4.78, 5) is 0. The van der Waals surface area contributed by atoms with Gasteiger partial charge >= 0.3 is 0 Å². The Morgan fingerprint density at radius 2 is 1.75 bits per heavy atom. The van der Waals surface area contributed by atoms with Gasteiger partial charge in [-0.1, -0.05) is 25.1 Å². The van der Waals surface area contributed by atoms with E-state index in [1.54, 1.807) is 0 Å². The molecule has 0 aromatic heterocycles. The van der Waals surface area contributed by atoms with Crippen LogP contribution < -0.4 is 28.5 Å². The molecule has 1 aliphatic rings. The molecule has 0 bridgehead atoms. The molecule has 0 aliphatic carbocycles. The first-order valence-corrected chi connectivity index (χ1v) is 5.80. The first-order valence-electron chi connectivity index (χ1n) is 5.80. The molecule has 2 rings (SSSR count). The second-order valence-electron chi connectivity index (χ2n) is 5.93. The quantitative estimate of drug-likeness (QED) is 0.481. The van der Waals surface area contributed by atoms with Crippen LogP contribution in [-0.2, 0) is 0 Å². The monoisotopic (exact) mass is 331 g/mol. The van der Waals surface area contributed by atoms with Crippen LogP contribution in [-0.4, -0.2) is 19.6 Å². The fourth-order valence-corrected chi connectivity index (χ4v) is 2.83. The lowest BCUT2D eigenvalue weighted by Crippen LogP contribution is -3.00. The average Bonchev–Trinajstić information content (AvgIpc) is 2.15. The number of nitrogens with zero attached hydrogens (tertiary/aromatic N) is 1. The fraction of sp³-hybridized carbons (Fsp3) is 0.571. The van der Waals surface area contributed by atoms with Crippen molar-refractivity contribution in [1.29, 1.82) is 0 Å². The van der Waals surface area contributed by atoms with Gasteiger partial charge in [-0.05, 0) is 25.8 Å². The fourth-order valence-electron chi connectivity index (χ4n) is 2.83. The summed E-state index contributed by atoms with van der Waals surface area (Å²) in [6.07, 6.45) is 1.26. The number of benzene rings is 1. The van der Waals surface area contributed by atoms with Crippen LogP contribution in [0.15, 0.2) is 24.3 Å². The average molecular weight is 331 g/mol. The first kappa shape index (κ1) is 14.0. The molecule has 90 valence electrons. The summed E-state index contributed by atoms with van der Waals surface area (Å²) in [6.45, 7) is 7.10. The maximum Gasteiger partial charge on any atom is 0.136 e. The van der Waals surface area contributed by atoms with E-state index in [2.05, 4.69) is 59.1 Å². The van der Waals surface area contributed by atoms with Gasteiger partial charge in [0.15, 0.2) is 0 Å². The van der Waals surface area contributed by atoms with Crippen molar-refractivity contribution in [3.8, 4) is 0 Å². The number of quaternary nitrogens is 1. The number of fused-ring (bicyclic) bond motifs is 1. The molecular formula is C14H22IN. The molecule has 0 N–H and O–H groups in total. The van der Waals surface area contributed by atoms with Crippen molar-refractivity contribution in [2.45, 2.75) is 38.6 Å². The Bertz CT molecular complexity index is 382. The summed E-state index contributed by atoms with van der Waals surface area (Å²) in [5, 5.41) is 0. The topological polar surface area (TPSA) is 0 Å². The van der Waals surface area contributed by atoms with Gasteiger partial charge in [-0.2, -0.15) is 0 Å². The van der Waals surface area contributed by atoms with Gasteiger partial charge in [0.05, 0.1) is 19.6 Å². The minimum Gasteiger partial charge on any atom is -1.00 e. The van der Waals surface area contributed by atoms with Crippen LogP contribution in [0.5, 0.6) is 0 Å².